The Morgan fingerprint density at radius 2 is 1.73 bits per heavy atom. The summed E-state index contributed by atoms with van der Waals surface area (Å²) in [6.45, 7) is 2.06. The highest BCUT2D eigenvalue weighted by Crippen LogP contribution is 2.30. The van der Waals surface area contributed by atoms with Gasteiger partial charge in [0, 0.05) is 22.9 Å². The number of aryl methyl sites for hydroxylation is 2. The van der Waals surface area contributed by atoms with Crippen molar-refractivity contribution in [1.82, 2.24) is 15.3 Å². The van der Waals surface area contributed by atoms with Crippen LogP contribution in [0.2, 0.25) is 0 Å². The molecule has 5 rings (SSSR count). The second-order valence-corrected chi connectivity index (χ2v) is 8.47. The molecule has 5 heteroatoms. The van der Waals surface area contributed by atoms with Gasteiger partial charge in [-0.25, -0.2) is 9.97 Å². The van der Waals surface area contributed by atoms with Crippen LogP contribution in [0.1, 0.15) is 45.9 Å². The summed E-state index contributed by atoms with van der Waals surface area (Å²) in [7, 11) is 0. The van der Waals surface area contributed by atoms with Gasteiger partial charge < -0.3 is 10.6 Å². The lowest BCUT2D eigenvalue weighted by molar-refractivity contribution is 0.0933. The second-order valence-electron chi connectivity index (χ2n) is 8.47. The molecule has 1 aromatic heterocycles. The molecule has 0 unspecified atom stereocenters. The van der Waals surface area contributed by atoms with Gasteiger partial charge in [0.25, 0.3) is 5.91 Å². The van der Waals surface area contributed by atoms with Crippen molar-refractivity contribution in [3.8, 4) is 11.3 Å². The van der Waals surface area contributed by atoms with Crippen LogP contribution >= 0.6 is 0 Å². The molecule has 164 valence electrons. The third-order valence-corrected chi connectivity index (χ3v) is 6.11. The van der Waals surface area contributed by atoms with Gasteiger partial charge in [-0.05, 0) is 61.6 Å². The maximum atomic E-state index is 12.9. The molecular formula is C28H26N4O. The smallest absolute Gasteiger partial charge is 0.251 e. The molecule has 1 aliphatic rings. The molecule has 2 N–H and O–H groups in total. The van der Waals surface area contributed by atoms with E-state index >= 15 is 0 Å². The summed E-state index contributed by atoms with van der Waals surface area (Å²) < 4.78 is 0. The van der Waals surface area contributed by atoms with Gasteiger partial charge >= 0.3 is 0 Å². The Kier molecular flexibility index (Phi) is 5.85. The van der Waals surface area contributed by atoms with E-state index in [1.807, 2.05) is 36.4 Å². The fourth-order valence-electron chi connectivity index (χ4n) is 4.31. The predicted molar refractivity (Wildman–Crippen MR) is 132 cm³/mol. The molecule has 0 aliphatic heterocycles. The average Bonchev–Trinajstić information content (AvgIpc) is 2.85. The first-order valence-corrected chi connectivity index (χ1v) is 11.3. The molecule has 3 aromatic carbocycles. The van der Waals surface area contributed by atoms with Crippen LogP contribution in [0.5, 0.6) is 0 Å². The summed E-state index contributed by atoms with van der Waals surface area (Å²) in [5.74, 6) is 0.656. The summed E-state index contributed by atoms with van der Waals surface area (Å²) in [5, 5.41) is 6.51. The van der Waals surface area contributed by atoms with E-state index in [2.05, 4.69) is 70.0 Å². The Morgan fingerprint density at radius 1 is 0.939 bits per heavy atom. The fourth-order valence-corrected chi connectivity index (χ4v) is 4.31. The third-order valence-electron chi connectivity index (χ3n) is 6.11. The maximum absolute atomic E-state index is 12.9. The molecule has 0 saturated heterocycles. The topological polar surface area (TPSA) is 66.9 Å². The van der Waals surface area contributed by atoms with Crippen molar-refractivity contribution in [2.45, 2.75) is 32.2 Å². The lowest BCUT2D eigenvalue weighted by atomic mass is 9.87. The van der Waals surface area contributed by atoms with Gasteiger partial charge in [0.05, 0.1) is 11.7 Å². The van der Waals surface area contributed by atoms with E-state index in [0.717, 1.165) is 36.2 Å². The van der Waals surface area contributed by atoms with E-state index in [4.69, 9.17) is 0 Å². The first-order chi connectivity index (χ1) is 16.2. The number of hydrogen-bond acceptors (Lipinski definition) is 4. The first kappa shape index (κ1) is 20.9. The van der Waals surface area contributed by atoms with E-state index in [0.29, 0.717) is 11.4 Å². The van der Waals surface area contributed by atoms with Crippen molar-refractivity contribution in [1.29, 1.82) is 0 Å². The van der Waals surface area contributed by atoms with Crippen LogP contribution in [-0.4, -0.2) is 15.9 Å². The van der Waals surface area contributed by atoms with Gasteiger partial charge in [0.1, 0.15) is 12.1 Å². The summed E-state index contributed by atoms with van der Waals surface area (Å²) >= 11 is 0. The van der Waals surface area contributed by atoms with Crippen molar-refractivity contribution < 1.29 is 4.79 Å². The number of anilines is 2. The fraction of sp³-hybridized carbons (Fsp3) is 0.179. The van der Waals surface area contributed by atoms with Crippen LogP contribution in [0.25, 0.3) is 11.3 Å². The molecule has 1 heterocycles. The normalized spacial score (nSPS) is 14.9. The Bertz CT molecular complexity index is 1270. The summed E-state index contributed by atoms with van der Waals surface area (Å²) in [4.78, 5) is 21.6. The molecule has 1 amide bonds. The lowest BCUT2D eigenvalue weighted by Crippen LogP contribution is -2.30. The van der Waals surface area contributed by atoms with Crippen molar-refractivity contribution in [3.05, 3.63) is 107 Å². The predicted octanol–water partition coefficient (Wildman–Crippen LogP) is 6.00. The number of benzene rings is 3. The highest BCUT2D eigenvalue weighted by atomic mass is 16.1. The highest BCUT2D eigenvalue weighted by Gasteiger charge is 2.21. The molecule has 5 nitrogen and oxygen atoms in total. The van der Waals surface area contributed by atoms with Gasteiger partial charge in [0.2, 0.25) is 0 Å². The highest BCUT2D eigenvalue weighted by molar-refractivity contribution is 5.95. The largest absolute Gasteiger partial charge is 0.345 e. The maximum Gasteiger partial charge on any atom is 0.251 e. The van der Waals surface area contributed by atoms with Crippen molar-refractivity contribution >= 4 is 17.4 Å². The lowest BCUT2D eigenvalue weighted by Gasteiger charge is -2.26. The van der Waals surface area contributed by atoms with E-state index < -0.39 is 0 Å². The molecule has 1 aliphatic carbocycles. The van der Waals surface area contributed by atoms with Crippen LogP contribution < -0.4 is 10.6 Å². The molecule has 0 spiro atoms. The SMILES string of the molecule is Cc1ccc(-c2cc(Nc3ccc(C(=O)N[C@@H]4CCCc5ccccc54)cc3)ncn2)cc1. The Morgan fingerprint density at radius 3 is 2.55 bits per heavy atom. The number of nitrogens with one attached hydrogen (secondary N) is 2. The number of rotatable bonds is 5. The number of carbonyl (C=O) groups is 1. The molecule has 0 radical (unpaired) electrons. The zero-order chi connectivity index (χ0) is 22.6. The minimum Gasteiger partial charge on any atom is -0.345 e. The molecule has 0 saturated carbocycles. The molecule has 33 heavy (non-hydrogen) atoms. The van der Waals surface area contributed by atoms with Gasteiger partial charge in [-0.1, -0.05) is 54.1 Å². The quantitative estimate of drug-likeness (QED) is 0.404. The molecule has 0 bridgehead atoms. The summed E-state index contributed by atoms with van der Waals surface area (Å²) in [6.07, 6.45) is 4.70. The van der Waals surface area contributed by atoms with Crippen LogP contribution in [0.4, 0.5) is 11.5 Å². The molecular weight excluding hydrogens is 408 g/mol. The standard InChI is InChI=1S/C28H26N4O/c1-19-9-11-21(12-10-19)26-17-27(30-18-29-26)31-23-15-13-22(14-16-23)28(33)32-25-8-4-6-20-5-2-3-7-24(20)25/h2-3,5,7,9-18,25H,4,6,8H2,1H3,(H,32,33)(H,29,30,31)/t25-/m1/s1. The summed E-state index contributed by atoms with van der Waals surface area (Å²) in [6, 6.07) is 26.1. The van der Waals surface area contributed by atoms with Crippen LogP contribution in [0, 0.1) is 6.92 Å². The van der Waals surface area contributed by atoms with Gasteiger partial charge in [-0.15, -0.1) is 0 Å². The zero-order valence-corrected chi connectivity index (χ0v) is 18.6. The number of carbonyl (C=O) groups excluding carboxylic acids is 1. The molecule has 4 aromatic rings. The van der Waals surface area contributed by atoms with Gasteiger partial charge in [-0.3, -0.25) is 4.79 Å². The second kappa shape index (κ2) is 9.25. The van der Waals surface area contributed by atoms with Gasteiger partial charge in [-0.2, -0.15) is 0 Å². The minimum atomic E-state index is -0.0491. The first-order valence-electron chi connectivity index (χ1n) is 11.3. The molecule has 0 fully saturated rings. The van der Waals surface area contributed by atoms with Crippen molar-refractivity contribution in [2.24, 2.45) is 0 Å². The number of aromatic nitrogens is 2. The van der Waals surface area contributed by atoms with Gasteiger partial charge in [0.15, 0.2) is 0 Å². The summed E-state index contributed by atoms with van der Waals surface area (Å²) in [5.41, 5.74) is 7.20. The number of fused-ring (bicyclic) bond motifs is 1. The minimum absolute atomic E-state index is 0.0491. The monoisotopic (exact) mass is 434 g/mol. The van der Waals surface area contributed by atoms with Crippen LogP contribution in [0.3, 0.4) is 0 Å². The van der Waals surface area contributed by atoms with E-state index in [1.165, 1.54) is 16.7 Å². The van der Waals surface area contributed by atoms with Crippen molar-refractivity contribution in [2.75, 3.05) is 5.32 Å². The van der Waals surface area contributed by atoms with E-state index in [1.54, 1.807) is 6.33 Å². The number of hydrogen-bond donors (Lipinski definition) is 2. The Balaban J connectivity index is 1.26. The number of amides is 1. The Labute approximate surface area is 193 Å². The number of nitrogens with zero attached hydrogens (tertiary/aromatic N) is 2. The zero-order valence-electron chi connectivity index (χ0n) is 18.6. The molecule has 1 atom stereocenters. The average molecular weight is 435 g/mol. The third kappa shape index (κ3) is 4.77. The van der Waals surface area contributed by atoms with Crippen LogP contribution in [-0.2, 0) is 6.42 Å². The van der Waals surface area contributed by atoms with Crippen LogP contribution in [0.15, 0.2) is 85.2 Å². The van der Waals surface area contributed by atoms with E-state index in [9.17, 15) is 4.79 Å². The van der Waals surface area contributed by atoms with E-state index in [-0.39, 0.29) is 11.9 Å². The Hall–Kier alpha value is -3.99. The van der Waals surface area contributed by atoms with Crippen molar-refractivity contribution in [3.63, 3.8) is 0 Å².